The molecule has 4 heterocycles. The van der Waals surface area contributed by atoms with E-state index in [0.717, 1.165) is 84.0 Å². The molecule has 6 aromatic rings. The first-order chi connectivity index (χ1) is 34.0. The van der Waals surface area contributed by atoms with Gasteiger partial charge >= 0.3 is 7.12 Å². The molecule has 2 aliphatic heterocycles. The van der Waals surface area contributed by atoms with Crippen LogP contribution < -0.4 is 34.5 Å². The minimum absolute atomic E-state index is 0.123. The van der Waals surface area contributed by atoms with E-state index in [1.165, 1.54) is 25.7 Å². The molecule has 2 amide bonds. The van der Waals surface area contributed by atoms with Crippen molar-refractivity contribution in [2.75, 3.05) is 33.7 Å². The molecule has 2 aliphatic carbocycles. The summed E-state index contributed by atoms with van der Waals surface area (Å²) in [6, 6.07) is 35.1. The molecule has 16 heteroatoms. The van der Waals surface area contributed by atoms with Crippen molar-refractivity contribution in [1.82, 2.24) is 19.9 Å². The first-order valence-corrected chi connectivity index (χ1v) is 24.8. The molecule has 70 heavy (non-hydrogen) atoms. The Bertz CT molecular complexity index is 2690. The highest BCUT2D eigenvalue weighted by atomic mass is 35.5. The minimum atomic E-state index is -1.46. The standard InChI is InChI=1S/C27H30N4O2.C14H19ClN4O.C13H13BO3/c1-3-23-27(32)30(2)24-17-28-25(29-26(24)31(23)21-13-7-8-14-21)20-12-9-15-22(16-20)33-18-19-10-5-4-6-11-19;1-3-10-13(20)18(2)11-8-16-14(15)17-12(11)19(10)9-6-4-5-7-9;15-14(16)12-7-4-8-13(9-12)17-10-11-5-2-1-3-6-11/h4-6,9-12,15-17,21,23H,3,7-8,13-14,18H2,1-2H3;8-10H,3-7H2,1-2H3;1-9,15-16H,10H2/t23-;10-;/m11./s1. The lowest BCUT2D eigenvalue weighted by Gasteiger charge is -2.43. The number of likely N-dealkylation sites (N-methyl/N-ethyl adjacent to an activating group) is 2. The maximum atomic E-state index is 13.1. The number of hydrogen-bond acceptors (Lipinski definition) is 12. The van der Waals surface area contributed by atoms with Crippen LogP contribution in [-0.4, -0.2) is 87.2 Å². The molecule has 4 aliphatic rings. The predicted octanol–water partition coefficient (Wildman–Crippen LogP) is 8.81. The van der Waals surface area contributed by atoms with Gasteiger partial charge in [0.05, 0.1) is 12.4 Å². The van der Waals surface area contributed by atoms with E-state index in [4.69, 9.17) is 36.1 Å². The second-order valence-corrected chi connectivity index (χ2v) is 18.4. The number of carbonyl (C=O) groups excluding carboxylic acids is 2. The zero-order valence-electron chi connectivity index (χ0n) is 40.4. The normalized spacial score (nSPS) is 17.8. The van der Waals surface area contributed by atoms with Gasteiger partial charge in [0.1, 0.15) is 48.2 Å². The summed E-state index contributed by atoms with van der Waals surface area (Å²) >= 11 is 5.97. The lowest BCUT2D eigenvalue weighted by molar-refractivity contribution is -0.120. The van der Waals surface area contributed by atoms with Crippen LogP contribution in [0.25, 0.3) is 11.4 Å². The molecule has 364 valence electrons. The number of fused-ring (bicyclic) bond motifs is 2. The van der Waals surface area contributed by atoms with Crippen molar-refractivity contribution >= 4 is 59.0 Å². The summed E-state index contributed by atoms with van der Waals surface area (Å²) in [4.78, 5) is 51.6. The quantitative estimate of drug-likeness (QED) is 0.0889. The molecule has 0 spiro atoms. The number of nitrogens with zero attached hydrogens (tertiary/aromatic N) is 8. The number of benzene rings is 4. The molecule has 0 saturated heterocycles. The summed E-state index contributed by atoms with van der Waals surface area (Å²) in [5, 5.41) is 18.3. The van der Waals surface area contributed by atoms with Gasteiger partial charge in [-0.1, -0.05) is 124 Å². The van der Waals surface area contributed by atoms with Gasteiger partial charge in [-0.2, -0.15) is 4.98 Å². The van der Waals surface area contributed by atoms with Gasteiger partial charge < -0.3 is 39.1 Å². The Morgan fingerprint density at radius 2 is 1.09 bits per heavy atom. The number of anilines is 4. The number of carbonyl (C=O) groups is 2. The van der Waals surface area contributed by atoms with Gasteiger partial charge in [-0.15, -0.1) is 0 Å². The molecular formula is C54H62BClN8O6. The fourth-order valence-electron chi connectivity index (χ4n) is 9.86. The fraction of sp³-hybridized carbons (Fsp3) is 0.370. The van der Waals surface area contributed by atoms with Gasteiger partial charge in [-0.3, -0.25) is 9.59 Å². The molecular weight excluding hydrogens is 903 g/mol. The van der Waals surface area contributed by atoms with Crippen molar-refractivity contribution < 1.29 is 29.1 Å². The summed E-state index contributed by atoms with van der Waals surface area (Å²) in [5.74, 6) is 3.99. The van der Waals surface area contributed by atoms with Crippen molar-refractivity contribution in [3.8, 4) is 22.9 Å². The van der Waals surface area contributed by atoms with Crippen LogP contribution in [-0.2, 0) is 22.8 Å². The van der Waals surface area contributed by atoms with Gasteiger partial charge in [0.25, 0.3) is 0 Å². The molecule has 4 aromatic carbocycles. The average molecular weight is 965 g/mol. The summed E-state index contributed by atoms with van der Waals surface area (Å²) < 4.78 is 11.6. The van der Waals surface area contributed by atoms with E-state index in [9.17, 15) is 9.59 Å². The van der Waals surface area contributed by atoms with Crippen molar-refractivity contribution in [2.45, 2.75) is 115 Å². The Balaban J connectivity index is 0.000000152. The summed E-state index contributed by atoms with van der Waals surface area (Å²) in [5.41, 5.74) is 5.08. The molecule has 2 fully saturated rings. The highest BCUT2D eigenvalue weighted by Crippen LogP contribution is 2.42. The van der Waals surface area contributed by atoms with Crippen LogP contribution in [0.1, 0.15) is 89.2 Å². The molecule has 10 rings (SSSR count). The zero-order valence-corrected chi connectivity index (χ0v) is 41.2. The maximum Gasteiger partial charge on any atom is 0.488 e. The fourth-order valence-corrected chi connectivity index (χ4v) is 9.99. The van der Waals surface area contributed by atoms with Gasteiger partial charge in [0, 0.05) is 31.7 Å². The van der Waals surface area contributed by atoms with Gasteiger partial charge in [0.15, 0.2) is 17.5 Å². The molecule has 2 atom stereocenters. The summed E-state index contributed by atoms with van der Waals surface area (Å²) in [7, 11) is 2.15. The molecule has 2 aromatic heterocycles. The highest BCUT2D eigenvalue weighted by molar-refractivity contribution is 6.58. The van der Waals surface area contributed by atoms with Crippen LogP contribution in [0.3, 0.4) is 0 Å². The van der Waals surface area contributed by atoms with E-state index in [2.05, 4.69) is 43.8 Å². The number of halogens is 1. The van der Waals surface area contributed by atoms with Gasteiger partial charge in [-0.25, -0.2) is 15.0 Å². The van der Waals surface area contributed by atoms with Crippen LogP contribution in [0.5, 0.6) is 11.5 Å². The Morgan fingerprint density at radius 1 is 0.614 bits per heavy atom. The number of aromatic nitrogens is 4. The van der Waals surface area contributed by atoms with Crippen molar-refractivity contribution in [3.05, 3.63) is 138 Å². The number of amides is 2. The largest absolute Gasteiger partial charge is 0.489 e. The van der Waals surface area contributed by atoms with Crippen LogP contribution in [0.2, 0.25) is 5.28 Å². The molecule has 2 saturated carbocycles. The third-order valence-corrected chi connectivity index (χ3v) is 13.7. The Labute approximate surface area is 416 Å². The molecule has 2 N–H and O–H groups in total. The number of ether oxygens (including phenoxy) is 2. The van der Waals surface area contributed by atoms with Crippen LogP contribution in [0.15, 0.2) is 122 Å². The summed E-state index contributed by atoms with van der Waals surface area (Å²) in [6.45, 7) is 5.10. The lowest BCUT2D eigenvalue weighted by atomic mass is 9.80. The van der Waals surface area contributed by atoms with Crippen LogP contribution in [0, 0.1) is 0 Å². The number of rotatable bonds is 12. The highest BCUT2D eigenvalue weighted by Gasteiger charge is 2.42. The summed E-state index contributed by atoms with van der Waals surface area (Å²) in [6.07, 6.45) is 14.3. The molecule has 0 unspecified atom stereocenters. The Morgan fingerprint density at radius 3 is 1.59 bits per heavy atom. The monoisotopic (exact) mass is 964 g/mol. The Hall–Kier alpha value is -6.55. The molecule has 0 bridgehead atoms. The van der Waals surface area contributed by atoms with Gasteiger partial charge in [-0.05, 0) is 91.0 Å². The smallest absolute Gasteiger partial charge is 0.488 e. The third kappa shape index (κ3) is 11.5. The van der Waals surface area contributed by atoms with E-state index in [0.29, 0.717) is 42.3 Å². The second-order valence-electron chi connectivity index (χ2n) is 18.1. The number of hydrogen-bond donors (Lipinski definition) is 2. The first-order valence-electron chi connectivity index (χ1n) is 24.5. The Kier molecular flexibility index (Phi) is 16.7. The SMILES string of the molecule is CC[C@@H]1C(=O)N(C)c2cnc(-c3cccc(OCc4ccccc4)c3)nc2N1C1CCCC1.CC[C@@H]1C(=O)N(C)c2cnc(Cl)nc2N1C1CCCC1.OB(O)c1cccc(OCc2ccccc2)c1. The molecule has 0 radical (unpaired) electrons. The van der Waals surface area contributed by atoms with Crippen LogP contribution >= 0.6 is 11.6 Å². The van der Waals surface area contributed by atoms with Crippen LogP contribution in [0.4, 0.5) is 23.0 Å². The van der Waals surface area contributed by atoms with Crippen molar-refractivity contribution in [3.63, 3.8) is 0 Å². The minimum Gasteiger partial charge on any atom is -0.489 e. The van der Waals surface area contributed by atoms with E-state index < -0.39 is 7.12 Å². The van der Waals surface area contributed by atoms with E-state index >= 15 is 0 Å². The second kappa shape index (κ2) is 23.4. The van der Waals surface area contributed by atoms with Gasteiger partial charge in [0.2, 0.25) is 17.1 Å². The van der Waals surface area contributed by atoms with E-state index in [1.54, 1.807) is 53.5 Å². The zero-order chi connectivity index (χ0) is 49.1. The average Bonchev–Trinajstić information content (AvgIpc) is 4.14. The third-order valence-electron chi connectivity index (χ3n) is 13.5. The van der Waals surface area contributed by atoms with E-state index in [1.807, 2.05) is 86.8 Å². The topological polar surface area (TPSA) is 158 Å². The maximum absolute atomic E-state index is 13.1. The van der Waals surface area contributed by atoms with Crippen molar-refractivity contribution in [1.29, 1.82) is 0 Å². The van der Waals surface area contributed by atoms with Crippen molar-refractivity contribution in [2.24, 2.45) is 0 Å². The molecule has 14 nitrogen and oxygen atoms in total. The first kappa shape index (κ1) is 49.9. The van der Waals surface area contributed by atoms with E-state index in [-0.39, 0.29) is 29.2 Å². The lowest BCUT2D eigenvalue weighted by Crippen LogP contribution is -2.55. The predicted molar refractivity (Wildman–Crippen MR) is 277 cm³/mol.